The van der Waals surface area contributed by atoms with Gasteiger partial charge in [-0.25, -0.2) is 0 Å². The fourth-order valence-corrected chi connectivity index (χ4v) is 3.07. The zero-order valence-electron chi connectivity index (χ0n) is 13.0. The molecule has 0 aromatic heterocycles. The highest BCUT2D eigenvalue weighted by Crippen LogP contribution is 2.44. The number of carbonyl (C=O) groups is 2. The molecule has 4 atom stereocenters. The summed E-state index contributed by atoms with van der Waals surface area (Å²) < 4.78 is 0. The average Bonchev–Trinajstić information content (AvgIpc) is 2.33. The minimum atomic E-state index is -0.830. The third kappa shape index (κ3) is 3.95. The van der Waals surface area contributed by atoms with Crippen molar-refractivity contribution in [2.24, 2.45) is 23.0 Å². The van der Waals surface area contributed by atoms with Crippen molar-refractivity contribution in [1.29, 1.82) is 0 Å². The molecule has 4 unspecified atom stereocenters. The number of carbonyl (C=O) groups excluding carboxylic acids is 1. The van der Waals surface area contributed by atoms with E-state index in [0.717, 1.165) is 12.8 Å². The number of nitrogens with one attached hydrogen (secondary N) is 1. The van der Waals surface area contributed by atoms with Crippen LogP contribution in [-0.4, -0.2) is 29.1 Å². The van der Waals surface area contributed by atoms with Gasteiger partial charge in [-0.05, 0) is 37.5 Å². The summed E-state index contributed by atoms with van der Waals surface area (Å²) in [5.41, 5.74) is 5.97. The van der Waals surface area contributed by atoms with E-state index < -0.39 is 5.97 Å². The molecular weight excluding hydrogens is 256 g/mol. The lowest BCUT2D eigenvalue weighted by Gasteiger charge is -2.46. The molecule has 0 radical (unpaired) electrons. The number of rotatable bonds is 5. The molecule has 5 nitrogen and oxygen atoms in total. The second-order valence-corrected chi connectivity index (χ2v) is 6.75. The normalized spacial score (nSPS) is 30.6. The fourth-order valence-electron chi connectivity index (χ4n) is 3.07. The fraction of sp³-hybridized carbons (Fsp3) is 0.867. The third-order valence-electron chi connectivity index (χ3n) is 5.00. The summed E-state index contributed by atoms with van der Waals surface area (Å²) in [5.74, 6) is -0.554. The Morgan fingerprint density at radius 3 is 2.55 bits per heavy atom. The van der Waals surface area contributed by atoms with E-state index in [1.165, 1.54) is 0 Å². The summed E-state index contributed by atoms with van der Waals surface area (Å²) in [6.45, 7) is 8.16. The summed E-state index contributed by atoms with van der Waals surface area (Å²) >= 11 is 0. The molecule has 0 saturated heterocycles. The molecule has 1 rings (SSSR count). The first-order valence-electron chi connectivity index (χ1n) is 7.44. The van der Waals surface area contributed by atoms with Gasteiger partial charge in [0, 0.05) is 24.4 Å². The molecule has 0 spiro atoms. The van der Waals surface area contributed by atoms with Crippen molar-refractivity contribution in [2.45, 2.75) is 65.5 Å². The van der Waals surface area contributed by atoms with E-state index in [1.54, 1.807) is 0 Å². The highest BCUT2D eigenvalue weighted by atomic mass is 16.4. The smallest absolute Gasteiger partial charge is 0.303 e. The lowest BCUT2D eigenvalue weighted by molar-refractivity contribution is -0.138. The number of hydrogen-bond donors (Lipinski definition) is 3. The summed E-state index contributed by atoms with van der Waals surface area (Å²) in [6.07, 6.45) is 2.21. The van der Waals surface area contributed by atoms with Gasteiger partial charge in [0.1, 0.15) is 0 Å². The monoisotopic (exact) mass is 284 g/mol. The summed E-state index contributed by atoms with van der Waals surface area (Å²) in [6, 6.07) is 0.0405. The van der Waals surface area contributed by atoms with Gasteiger partial charge in [-0.15, -0.1) is 0 Å². The molecule has 4 N–H and O–H groups in total. The van der Waals surface area contributed by atoms with Crippen molar-refractivity contribution >= 4 is 11.9 Å². The Hall–Kier alpha value is -1.10. The molecule has 1 aliphatic rings. The van der Waals surface area contributed by atoms with Crippen molar-refractivity contribution in [3.63, 3.8) is 0 Å². The van der Waals surface area contributed by atoms with E-state index in [1.807, 2.05) is 6.92 Å². The van der Waals surface area contributed by atoms with E-state index in [-0.39, 0.29) is 35.7 Å². The molecular formula is C15H28N2O3. The van der Waals surface area contributed by atoms with Crippen molar-refractivity contribution in [3.8, 4) is 0 Å². The van der Waals surface area contributed by atoms with E-state index in [0.29, 0.717) is 12.3 Å². The van der Waals surface area contributed by atoms with Crippen molar-refractivity contribution in [2.75, 3.05) is 0 Å². The molecule has 1 fully saturated rings. The van der Waals surface area contributed by atoms with Gasteiger partial charge < -0.3 is 16.2 Å². The lowest BCUT2D eigenvalue weighted by Crippen LogP contribution is -2.52. The van der Waals surface area contributed by atoms with E-state index in [9.17, 15) is 9.59 Å². The van der Waals surface area contributed by atoms with E-state index in [2.05, 4.69) is 26.1 Å². The molecule has 0 aromatic rings. The molecule has 1 amide bonds. The quantitative estimate of drug-likeness (QED) is 0.717. The second kappa shape index (κ2) is 6.57. The van der Waals surface area contributed by atoms with Crippen LogP contribution in [0.25, 0.3) is 0 Å². The average molecular weight is 284 g/mol. The van der Waals surface area contributed by atoms with Crippen LogP contribution >= 0.6 is 0 Å². The predicted molar refractivity (Wildman–Crippen MR) is 78.1 cm³/mol. The molecule has 1 aliphatic carbocycles. The molecule has 116 valence electrons. The van der Waals surface area contributed by atoms with Gasteiger partial charge in [-0.2, -0.15) is 0 Å². The van der Waals surface area contributed by atoms with Gasteiger partial charge in [0.25, 0.3) is 0 Å². The van der Waals surface area contributed by atoms with Gasteiger partial charge >= 0.3 is 5.97 Å². The van der Waals surface area contributed by atoms with Crippen LogP contribution in [0.4, 0.5) is 0 Å². The zero-order valence-corrected chi connectivity index (χ0v) is 13.0. The summed E-state index contributed by atoms with van der Waals surface area (Å²) in [5, 5.41) is 11.6. The number of nitrogens with two attached hydrogens (primary N) is 1. The number of amides is 1. The minimum absolute atomic E-state index is 0.0339. The Morgan fingerprint density at radius 1 is 1.40 bits per heavy atom. The first-order valence-corrected chi connectivity index (χ1v) is 7.44. The SMILES string of the molecule is CC(CCC(=O)O)NC(=O)C1CCC(N)C(C)C1(C)C. The number of carboxylic acids is 1. The van der Waals surface area contributed by atoms with Crippen LogP contribution in [0.2, 0.25) is 0 Å². The van der Waals surface area contributed by atoms with E-state index >= 15 is 0 Å². The number of hydrogen-bond acceptors (Lipinski definition) is 3. The molecule has 0 heterocycles. The lowest BCUT2D eigenvalue weighted by atomic mass is 9.61. The summed E-state index contributed by atoms with van der Waals surface area (Å²) in [7, 11) is 0. The van der Waals surface area contributed by atoms with Crippen LogP contribution in [-0.2, 0) is 9.59 Å². The predicted octanol–water partition coefficient (Wildman–Crippen LogP) is 1.76. The van der Waals surface area contributed by atoms with Gasteiger partial charge in [-0.3, -0.25) is 9.59 Å². The topological polar surface area (TPSA) is 92.4 Å². The van der Waals surface area contributed by atoms with Gasteiger partial charge in [-0.1, -0.05) is 20.8 Å². The first kappa shape index (κ1) is 17.0. The standard InChI is InChI=1S/C15H28N2O3/c1-9(5-8-13(18)19)17-14(20)11-6-7-12(16)10(2)15(11,3)4/h9-12H,5-8,16H2,1-4H3,(H,17,20)(H,18,19). The van der Waals surface area contributed by atoms with Crippen LogP contribution in [0, 0.1) is 17.3 Å². The number of aliphatic carboxylic acids is 1. The Labute approximate surface area is 121 Å². The van der Waals surface area contributed by atoms with Gasteiger partial charge in [0.05, 0.1) is 0 Å². The molecule has 5 heteroatoms. The highest BCUT2D eigenvalue weighted by Gasteiger charge is 2.45. The van der Waals surface area contributed by atoms with Crippen LogP contribution in [0.1, 0.15) is 53.4 Å². The first-order chi connectivity index (χ1) is 9.16. The second-order valence-electron chi connectivity index (χ2n) is 6.75. The molecule has 20 heavy (non-hydrogen) atoms. The molecule has 0 bridgehead atoms. The minimum Gasteiger partial charge on any atom is -0.481 e. The Morgan fingerprint density at radius 2 is 2.00 bits per heavy atom. The van der Waals surface area contributed by atoms with E-state index in [4.69, 9.17) is 10.8 Å². The maximum absolute atomic E-state index is 12.4. The maximum Gasteiger partial charge on any atom is 0.303 e. The highest BCUT2D eigenvalue weighted by molar-refractivity contribution is 5.80. The Bertz CT molecular complexity index is 368. The third-order valence-corrected chi connectivity index (χ3v) is 5.00. The maximum atomic E-state index is 12.4. The van der Waals surface area contributed by atoms with Crippen molar-refractivity contribution in [3.05, 3.63) is 0 Å². The van der Waals surface area contributed by atoms with Crippen LogP contribution in [0.5, 0.6) is 0 Å². The van der Waals surface area contributed by atoms with Crippen molar-refractivity contribution in [1.82, 2.24) is 5.32 Å². The van der Waals surface area contributed by atoms with Crippen LogP contribution in [0.15, 0.2) is 0 Å². The summed E-state index contributed by atoms with van der Waals surface area (Å²) in [4.78, 5) is 23.0. The van der Waals surface area contributed by atoms with Crippen molar-refractivity contribution < 1.29 is 14.7 Å². The molecule has 1 saturated carbocycles. The van der Waals surface area contributed by atoms with Gasteiger partial charge in [0.15, 0.2) is 0 Å². The Balaban J connectivity index is 2.60. The zero-order chi connectivity index (χ0) is 15.5. The Kier molecular flexibility index (Phi) is 5.57. The van der Waals surface area contributed by atoms with Crippen LogP contribution in [0.3, 0.4) is 0 Å². The largest absolute Gasteiger partial charge is 0.481 e. The molecule has 0 aliphatic heterocycles. The number of carboxylic acid groups (broad SMARTS) is 1. The van der Waals surface area contributed by atoms with Gasteiger partial charge in [0.2, 0.25) is 5.91 Å². The van der Waals surface area contributed by atoms with Crippen LogP contribution < -0.4 is 11.1 Å². The molecule has 0 aromatic carbocycles.